The zero-order chi connectivity index (χ0) is 32.1. The van der Waals surface area contributed by atoms with Crippen molar-refractivity contribution in [2.24, 2.45) is 7.05 Å². The van der Waals surface area contributed by atoms with Crippen LogP contribution in [-0.4, -0.2) is 56.6 Å². The molecule has 5 rings (SSSR count). The van der Waals surface area contributed by atoms with E-state index in [0.29, 0.717) is 70.7 Å². The first-order valence-electron chi connectivity index (χ1n) is 14.9. The van der Waals surface area contributed by atoms with Crippen molar-refractivity contribution in [2.75, 3.05) is 7.05 Å². The van der Waals surface area contributed by atoms with Crippen LogP contribution in [0.2, 0.25) is 0 Å². The maximum atomic E-state index is 14.0. The fourth-order valence-corrected chi connectivity index (χ4v) is 6.02. The van der Waals surface area contributed by atoms with Crippen LogP contribution in [0.3, 0.4) is 0 Å². The highest BCUT2D eigenvalue weighted by atomic mass is 19.1. The molecule has 44 heavy (non-hydrogen) atoms. The number of urea groups is 1. The van der Waals surface area contributed by atoms with Crippen LogP contribution in [0.1, 0.15) is 63.1 Å². The number of carbonyl (C=O) groups is 2. The van der Waals surface area contributed by atoms with Crippen LogP contribution in [0.5, 0.6) is 17.2 Å². The van der Waals surface area contributed by atoms with Gasteiger partial charge in [0.2, 0.25) is 0 Å². The third kappa shape index (κ3) is 5.95. The Balaban J connectivity index is 1.49. The van der Waals surface area contributed by atoms with Gasteiger partial charge in [-0.3, -0.25) is 14.5 Å². The quantitative estimate of drug-likeness (QED) is 0.342. The summed E-state index contributed by atoms with van der Waals surface area (Å²) in [7, 11) is 3.29. The second kappa shape index (κ2) is 11.7. The SMILES string of the molecule is Cc1cc(F)cc(C)c1Oc1ccc(C(C)(C)O)cc1-c1cn(C)c(=O)cc1OC1CCC(N2C(=O)[C@H](C)N(C)C2=O)CC1. The molecule has 2 aliphatic rings. The van der Waals surface area contributed by atoms with Crippen molar-refractivity contribution < 1.29 is 28.6 Å². The number of imide groups is 1. The fourth-order valence-electron chi connectivity index (χ4n) is 6.02. The summed E-state index contributed by atoms with van der Waals surface area (Å²) in [6.45, 7) is 8.65. The first kappa shape index (κ1) is 31.3. The second-order valence-corrected chi connectivity index (χ2v) is 12.6. The molecule has 234 valence electrons. The summed E-state index contributed by atoms with van der Waals surface area (Å²) in [5, 5.41) is 10.8. The molecule has 9 nitrogen and oxygen atoms in total. The molecule has 1 aliphatic carbocycles. The molecular weight excluding hydrogens is 565 g/mol. The first-order chi connectivity index (χ1) is 20.6. The van der Waals surface area contributed by atoms with Crippen LogP contribution in [0.15, 0.2) is 47.4 Å². The molecule has 1 aromatic heterocycles. The lowest BCUT2D eigenvalue weighted by Gasteiger charge is -2.33. The summed E-state index contributed by atoms with van der Waals surface area (Å²) in [4.78, 5) is 41.1. The molecule has 2 heterocycles. The monoisotopic (exact) mass is 605 g/mol. The van der Waals surface area contributed by atoms with Gasteiger partial charge in [0.1, 0.15) is 29.1 Å². The van der Waals surface area contributed by atoms with Crippen molar-refractivity contribution in [3.8, 4) is 28.4 Å². The third-order valence-electron chi connectivity index (χ3n) is 8.79. The van der Waals surface area contributed by atoms with Crippen LogP contribution >= 0.6 is 0 Å². The number of halogens is 1. The van der Waals surface area contributed by atoms with Gasteiger partial charge in [0, 0.05) is 43.5 Å². The summed E-state index contributed by atoms with van der Waals surface area (Å²) < 4.78 is 28.4. The zero-order valence-electron chi connectivity index (χ0n) is 26.3. The van der Waals surface area contributed by atoms with Crippen molar-refractivity contribution in [1.29, 1.82) is 0 Å². The Hall–Kier alpha value is -4.18. The number of aliphatic hydroxyl groups is 1. The Bertz CT molecular complexity index is 1630. The number of amides is 3. The van der Waals surface area contributed by atoms with E-state index in [1.807, 2.05) is 6.07 Å². The topological polar surface area (TPSA) is 101 Å². The molecular formula is C34H40FN3O6. The van der Waals surface area contributed by atoms with E-state index in [2.05, 4.69) is 0 Å². The molecule has 3 amide bonds. The first-order valence-corrected chi connectivity index (χ1v) is 14.9. The average Bonchev–Trinajstić information content (AvgIpc) is 3.14. The van der Waals surface area contributed by atoms with Crippen molar-refractivity contribution in [2.45, 2.75) is 84.1 Å². The Morgan fingerprint density at radius 1 is 0.909 bits per heavy atom. The molecule has 0 spiro atoms. The van der Waals surface area contributed by atoms with Crippen LogP contribution in [0.25, 0.3) is 11.1 Å². The molecule has 0 radical (unpaired) electrons. The Labute approximate surface area is 256 Å². The number of rotatable bonds is 7. The molecule has 1 N–H and O–H groups in total. The highest BCUT2D eigenvalue weighted by Gasteiger charge is 2.45. The summed E-state index contributed by atoms with van der Waals surface area (Å²) in [5.41, 5.74) is 1.66. The number of benzene rings is 2. The Kier molecular flexibility index (Phi) is 8.33. The summed E-state index contributed by atoms with van der Waals surface area (Å²) in [6, 6.07) is 8.66. The summed E-state index contributed by atoms with van der Waals surface area (Å²) in [6.07, 6.45) is 3.81. The molecule has 0 unspecified atom stereocenters. The number of nitrogens with zero attached hydrogens (tertiary/aromatic N) is 3. The molecule has 10 heteroatoms. The minimum Gasteiger partial charge on any atom is -0.490 e. The molecule has 1 aliphatic heterocycles. The van der Waals surface area contributed by atoms with Gasteiger partial charge in [0.25, 0.3) is 11.5 Å². The van der Waals surface area contributed by atoms with Crippen LogP contribution in [0.4, 0.5) is 9.18 Å². The van der Waals surface area contributed by atoms with Gasteiger partial charge in [-0.2, -0.15) is 0 Å². The van der Waals surface area contributed by atoms with Gasteiger partial charge >= 0.3 is 6.03 Å². The van der Waals surface area contributed by atoms with E-state index >= 15 is 0 Å². The van der Waals surface area contributed by atoms with Crippen molar-refractivity contribution in [3.05, 3.63) is 75.5 Å². The van der Waals surface area contributed by atoms with Crippen molar-refractivity contribution in [3.63, 3.8) is 0 Å². The van der Waals surface area contributed by atoms with E-state index in [0.717, 1.165) is 0 Å². The smallest absolute Gasteiger partial charge is 0.327 e. The summed E-state index contributed by atoms with van der Waals surface area (Å²) >= 11 is 0. The van der Waals surface area contributed by atoms with E-state index < -0.39 is 11.6 Å². The van der Waals surface area contributed by atoms with Gasteiger partial charge in [-0.1, -0.05) is 6.07 Å². The maximum absolute atomic E-state index is 14.0. The molecule has 2 fully saturated rings. The predicted octanol–water partition coefficient (Wildman–Crippen LogP) is 5.80. The summed E-state index contributed by atoms with van der Waals surface area (Å²) in [5.74, 6) is 0.797. The second-order valence-electron chi connectivity index (χ2n) is 12.6. The number of likely N-dealkylation sites (N-methyl/N-ethyl adjacent to an activating group) is 1. The molecule has 2 aromatic carbocycles. The van der Waals surface area contributed by atoms with Crippen molar-refractivity contribution >= 4 is 11.9 Å². The third-order valence-corrected chi connectivity index (χ3v) is 8.79. The van der Waals surface area contributed by atoms with Gasteiger partial charge < -0.3 is 24.0 Å². The largest absolute Gasteiger partial charge is 0.490 e. The fraction of sp³-hybridized carbons (Fsp3) is 0.441. The van der Waals surface area contributed by atoms with Gasteiger partial charge in [-0.15, -0.1) is 0 Å². The lowest BCUT2D eigenvalue weighted by molar-refractivity contribution is -0.130. The number of hydrogen-bond donors (Lipinski definition) is 1. The molecule has 0 bridgehead atoms. The van der Waals surface area contributed by atoms with E-state index in [1.54, 1.807) is 67.0 Å². The molecule has 1 saturated carbocycles. The van der Waals surface area contributed by atoms with Gasteiger partial charge in [0.15, 0.2) is 0 Å². The number of aryl methyl sites for hydroxylation is 3. The maximum Gasteiger partial charge on any atom is 0.327 e. The van der Waals surface area contributed by atoms with E-state index in [9.17, 15) is 23.9 Å². The van der Waals surface area contributed by atoms with Crippen LogP contribution < -0.4 is 15.0 Å². The highest BCUT2D eigenvalue weighted by molar-refractivity contribution is 6.04. The Morgan fingerprint density at radius 3 is 2.11 bits per heavy atom. The molecule has 1 saturated heterocycles. The van der Waals surface area contributed by atoms with Crippen LogP contribution in [0, 0.1) is 19.7 Å². The molecule has 3 aromatic rings. The van der Waals surface area contributed by atoms with Gasteiger partial charge in [-0.05, 0) is 101 Å². The predicted molar refractivity (Wildman–Crippen MR) is 164 cm³/mol. The number of ether oxygens (including phenoxy) is 2. The number of pyridine rings is 1. The lowest BCUT2D eigenvalue weighted by Crippen LogP contribution is -2.44. The minimum atomic E-state index is -1.16. The lowest BCUT2D eigenvalue weighted by atomic mass is 9.91. The van der Waals surface area contributed by atoms with E-state index in [-0.39, 0.29) is 35.5 Å². The standard InChI is InChI=1S/C34H40FN3O6/c1-19-14-23(35)15-20(2)31(19)44-28-13-8-22(34(4,5)42)16-26(28)27-18-36(6)30(39)17-29(27)43-25-11-9-24(10-12-25)38-32(40)21(3)37(7)33(38)41/h8,13-18,21,24-25,42H,9-12H2,1-7H3/t21-,24?,25?/m0/s1. The number of hydrogen-bond acceptors (Lipinski definition) is 6. The van der Waals surface area contributed by atoms with Crippen molar-refractivity contribution in [1.82, 2.24) is 14.4 Å². The van der Waals surface area contributed by atoms with Crippen LogP contribution in [-0.2, 0) is 17.4 Å². The molecule has 1 atom stereocenters. The Morgan fingerprint density at radius 2 is 1.55 bits per heavy atom. The normalized spacial score (nSPS) is 20.8. The highest BCUT2D eigenvalue weighted by Crippen LogP contribution is 2.42. The minimum absolute atomic E-state index is 0.179. The number of carbonyl (C=O) groups excluding carboxylic acids is 2. The van der Waals surface area contributed by atoms with Gasteiger partial charge in [0.05, 0.1) is 11.7 Å². The van der Waals surface area contributed by atoms with Gasteiger partial charge in [-0.25, -0.2) is 9.18 Å². The van der Waals surface area contributed by atoms with E-state index in [1.165, 1.54) is 32.6 Å². The number of aromatic nitrogens is 1. The average molecular weight is 606 g/mol. The zero-order valence-corrected chi connectivity index (χ0v) is 26.3. The van der Waals surface area contributed by atoms with E-state index in [4.69, 9.17) is 9.47 Å².